The molecule has 1 heterocycles. The molecule has 8 nitrogen and oxygen atoms in total. The number of aromatic amines is 1. The number of benzene rings is 3. The van der Waals surface area contributed by atoms with Gasteiger partial charge < -0.3 is 9.15 Å². The number of hydrogen-bond donors (Lipinski definition) is 2. The largest absolute Gasteiger partial charge is 0.434 e. The lowest BCUT2D eigenvalue weighted by molar-refractivity contribution is 0.0531. The summed E-state index contributed by atoms with van der Waals surface area (Å²) < 4.78 is 56.6. The van der Waals surface area contributed by atoms with E-state index in [-0.39, 0.29) is 39.4 Å². The van der Waals surface area contributed by atoms with Crippen LogP contribution in [-0.2, 0) is 21.4 Å². The summed E-state index contributed by atoms with van der Waals surface area (Å²) in [6.45, 7) is 5.37. The van der Waals surface area contributed by atoms with E-state index in [1.807, 2.05) is 37.3 Å². The minimum atomic E-state index is -4.36. The number of aryl methyl sites for hydroxylation is 1. The van der Waals surface area contributed by atoms with Crippen molar-refractivity contribution in [1.29, 1.82) is 0 Å². The van der Waals surface area contributed by atoms with Crippen LogP contribution in [-0.4, -0.2) is 24.5 Å². The molecule has 4 rings (SSSR count). The van der Waals surface area contributed by atoms with Gasteiger partial charge in [-0.15, -0.1) is 16.7 Å². The van der Waals surface area contributed by atoms with E-state index in [4.69, 9.17) is 32.4 Å². The van der Waals surface area contributed by atoms with Crippen LogP contribution in [0.5, 0.6) is 0 Å². The third kappa shape index (κ3) is 6.64. The fraction of sp³-hybridized carbons (Fsp3) is 0.286. The molecular formula is C28H28Cl2FN3O5S. The summed E-state index contributed by atoms with van der Waals surface area (Å²) in [7, 11) is -4.36. The third-order valence-electron chi connectivity index (χ3n) is 6.73. The van der Waals surface area contributed by atoms with Crippen molar-refractivity contribution in [3.63, 3.8) is 0 Å². The van der Waals surface area contributed by atoms with Crippen molar-refractivity contribution >= 4 is 33.2 Å². The minimum absolute atomic E-state index is 0.0581. The van der Waals surface area contributed by atoms with Crippen LogP contribution in [0.2, 0.25) is 5.02 Å². The Morgan fingerprint density at radius 2 is 1.85 bits per heavy atom. The Hall–Kier alpha value is -3.02. The van der Waals surface area contributed by atoms with Gasteiger partial charge in [0.15, 0.2) is 0 Å². The second-order valence-electron chi connectivity index (χ2n) is 9.36. The van der Waals surface area contributed by atoms with Gasteiger partial charge in [0, 0.05) is 16.5 Å². The minimum Gasteiger partial charge on any atom is -0.391 e. The second-order valence-corrected chi connectivity index (χ2v) is 11.8. The van der Waals surface area contributed by atoms with E-state index in [0.29, 0.717) is 5.56 Å². The lowest BCUT2D eigenvalue weighted by Gasteiger charge is -2.26. The molecule has 0 aliphatic rings. The van der Waals surface area contributed by atoms with Crippen molar-refractivity contribution in [2.45, 2.75) is 50.3 Å². The van der Waals surface area contributed by atoms with Gasteiger partial charge in [-0.2, -0.15) is 4.72 Å². The quantitative estimate of drug-likeness (QED) is 0.199. The first-order valence-electron chi connectivity index (χ1n) is 12.4. The van der Waals surface area contributed by atoms with Gasteiger partial charge in [0.1, 0.15) is 11.9 Å². The van der Waals surface area contributed by atoms with E-state index in [1.54, 1.807) is 19.9 Å². The normalized spacial score (nSPS) is 14.2. The van der Waals surface area contributed by atoms with E-state index < -0.39 is 39.7 Å². The molecule has 3 atom stereocenters. The number of sulfonamides is 1. The highest BCUT2D eigenvalue weighted by Gasteiger charge is 2.35. The van der Waals surface area contributed by atoms with E-state index >= 15 is 4.39 Å². The lowest BCUT2D eigenvalue weighted by atomic mass is 9.88. The molecule has 12 heteroatoms. The topological polar surface area (TPSA) is 114 Å². The molecule has 0 fully saturated rings. The first kappa shape index (κ1) is 30.0. The lowest BCUT2D eigenvalue weighted by Crippen LogP contribution is -2.33. The molecule has 0 saturated carbocycles. The summed E-state index contributed by atoms with van der Waals surface area (Å²) in [6.07, 6.45) is -0.831. The molecule has 40 heavy (non-hydrogen) atoms. The molecule has 2 unspecified atom stereocenters. The molecule has 0 amide bonds. The van der Waals surface area contributed by atoms with Crippen LogP contribution in [0.1, 0.15) is 58.7 Å². The number of rotatable bonds is 11. The number of hydrogen-bond acceptors (Lipinski definition) is 6. The van der Waals surface area contributed by atoms with Crippen LogP contribution in [0, 0.1) is 19.7 Å². The summed E-state index contributed by atoms with van der Waals surface area (Å²) in [6, 6.07) is 15.3. The van der Waals surface area contributed by atoms with Crippen molar-refractivity contribution in [3.8, 4) is 0 Å². The second kappa shape index (κ2) is 12.7. The van der Waals surface area contributed by atoms with Crippen LogP contribution in [0.15, 0.2) is 74.8 Å². The highest BCUT2D eigenvalue weighted by Crippen LogP contribution is 2.37. The molecule has 0 saturated heterocycles. The fourth-order valence-corrected chi connectivity index (χ4v) is 6.46. The highest BCUT2D eigenvalue weighted by molar-refractivity contribution is 7.89. The van der Waals surface area contributed by atoms with Gasteiger partial charge in [-0.3, -0.25) is 0 Å². The van der Waals surface area contributed by atoms with Crippen molar-refractivity contribution in [2.75, 3.05) is 5.88 Å². The smallest absolute Gasteiger partial charge is 0.391 e. The Bertz CT molecular complexity index is 1640. The van der Waals surface area contributed by atoms with Crippen molar-refractivity contribution in [1.82, 2.24) is 14.9 Å². The van der Waals surface area contributed by atoms with Crippen molar-refractivity contribution in [3.05, 3.63) is 116 Å². The third-order valence-corrected chi connectivity index (χ3v) is 8.76. The van der Waals surface area contributed by atoms with Crippen molar-refractivity contribution < 1.29 is 22.0 Å². The maximum Gasteiger partial charge on any atom is 0.434 e. The molecule has 0 aliphatic carbocycles. The number of aromatic nitrogens is 2. The predicted molar refractivity (Wildman–Crippen MR) is 151 cm³/mol. The van der Waals surface area contributed by atoms with Crippen molar-refractivity contribution in [2.24, 2.45) is 0 Å². The summed E-state index contributed by atoms with van der Waals surface area (Å²) in [5, 5.41) is 6.28. The van der Waals surface area contributed by atoms with Gasteiger partial charge in [0.05, 0.1) is 23.5 Å². The molecule has 2 N–H and O–H groups in total. The van der Waals surface area contributed by atoms with Crippen LogP contribution in [0.3, 0.4) is 0 Å². The standard InChI is InChI=1S/C28H28Cl2FN3O5S/c1-16-9-11-22(31)25(17(16)2)18(3)26(27-32-33-28(35)39-27)34-40(36,37)24-12-10-20(30)13-21(24)23(14-29)38-15-19-7-5-4-6-8-19/h4-13,18,23,26,34H,14-15H2,1-3H3,(H,33,35)/t18?,23?,26-/m0/s1. The van der Waals surface area contributed by atoms with Gasteiger partial charge in [-0.1, -0.05) is 54.9 Å². The summed E-state index contributed by atoms with van der Waals surface area (Å²) in [4.78, 5) is 11.7. The maximum atomic E-state index is 15.1. The predicted octanol–water partition coefficient (Wildman–Crippen LogP) is 6.09. The maximum absolute atomic E-state index is 15.1. The highest BCUT2D eigenvalue weighted by atomic mass is 35.5. The Labute approximate surface area is 241 Å². The van der Waals surface area contributed by atoms with Gasteiger partial charge in [0.2, 0.25) is 15.9 Å². The number of nitrogens with one attached hydrogen (secondary N) is 2. The molecule has 0 spiro atoms. The number of halogens is 3. The van der Waals surface area contributed by atoms with Gasteiger partial charge >= 0.3 is 5.76 Å². The number of H-pyrrole nitrogens is 1. The molecule has 0 bridgehead atoms. The Morgan fingerprint density at radius 3 is 2.50 bits per heavy atom. The van der Waals surface area contributed by atoms with Crippen LogP contribution >= 0.6 is 23.2 Å². The van der Waals surface area contributed by atoms with Crippen LogP contribution in [0.4, 0.5) is 4.39 Å². The molecule has 1 aromatic heterocycles. The number of alkyl halides is 1. The molecule has 3 aromatic carbocycles. The molecule has 4 aromatic rings. The van der Waals surface area contributed by atoms with Gasteiger partial charge in [0.25, 0.3) is 0 Å². The van der Waals surface area contributed by atoms with E-state index in [0.717, 1.165) is 11.1 Å². The zero-order valence-corrected chi connectivity index (χ0v) is 24.3. The zero-order valence-electron chi connectivity index (χ0n) is 22.0. The van der Waals surface area contributed by atoms with Crippen LogP contribution in [0.25, 0.3) is 0 Å². The molecule has 212 valence electrons. The molecule has 0 radical (unpaired) electrons. The van der Waals surface area contributed by atoms with E-state index in [2.05, 4.69) is 14.9 Å². The average Bonchev–Trinajstić information content (AvgIpc) is 3.36. The Balaban J connectivity index is 1.74. The monoisotopic (exact) mass is 607 g/mol. The summed E-state index contributed by atoms with van der Waals surface area (Å²) in [5.41, 5.74) is 2.82. The summed E-state index contributed by atoms with van der Waals surface area (Å²) >= 11 is 12.5. The van der Waals surface area contributed by atoms with E-state index in [1.165, 1.54) is 24.3 Å². The van der Waals surface area contributed by atoms with Gasteiger partial charge in [-0.05, 0) is 60.4 Å². The Kier molecular flexibility index (Phi) is 9.48. The zero-order chi connectivity index (χ0) is 29.0. The summed E-state index contributed by atoms with van der Waals surface area (Å²) in [5.74, 6) is -2.53. The molecule has 0 aliphatic heterocycles. The fourth-order valence-electron chi connectivity index (χ4n) is 4.51. The first-order valence-corrected chi connectivity index (χ1v) is 14.8. The first-order chi connectivity index (χ1) is 19.0. The van der Waals surface area contributed by atoms with Crippen LogP contribution < -0.4 is 10.5 Å². The Morgan fingerprint density at radius 1 is 1.12 bits per heavy atom. The SMILES string of the molecule is Cc1ccc(F)c(C(C)[C@H](NS(=O)(=O)c2ccc(Cl)cc2C(CCl)OCc2ccccc2)c2n[nH]c(=O)o2)c1C. The number of ether oxygens (including phenoxy) is 1. The average molecular weight is 609 g/mol. The molecular weight excluding hydrogens is 580 g/mol. The number of nitrogens with zero attached hydrogens (tertiary/aromatic N) is 1. The van der Waals surface area contributed by atoms with E-state index in [9.17, 15) is 13.2 Å². The van der Waals surface area contributed by atoms with Gasteiger partial charge in [-0.25, -0.2) is 22.7 Å².